The smallest absolute Gasteiger partial charge is 0.255 e. The van der Waals surface area contributed by atoms with Crippen LogP contribution in [0.2, 0.25) is 5.02 Å². The maximum absolute atomic E-state index is 13.4. The van der Waals surface area contributed by atoms with Gasteiger partial charge < -0.3 is 5.32 Å². The van der Waals surface area contributed by atoms with Crippen molar-refractivity contribution in [2.45, 2.75) is 49.7 Å². The van der Waals surface area contributed by atoms with Gasteiger partial charge in [-0.25, -0.2) is 21.6 Å². The van der Waals surface area contributed by atoms with Crippen LogP contribution in [0.1, 0.15) is 49.9 Å². The summed E-state index contributed by atoms with van der Waals surface area (Å²) in [5, 5.41) is 1.69. The van der Waals surface area contributed by atoms with Crippen LogP contribution in [0.4, 0.5) is 18.9 Å². The molecule has 2 aliphatic carbocycles. The topological polar surface area (TPSA) is 63.2 Å². The van der Waals surface area contributed by atoms with Crippen LogP contribution in [0.5, 0.6) is 0 Å². The van der Waals surface area contributed by atoms with E-state index >= 15 is 0 Å². The van der Waals surface area contributed by atoms with Crippen LogP contribution in [-0.2, 0) is 9.84 Å². The Hall–Kier alpha value is -2.06. The number of benzene rings is 2. The van der Waals surface area contributed by atoms with Crippen LogP contribution >= 0.6 is 11.6 Å². The number of anilines is 1. The van der Waals surface area contributed by atoms with Crippen LogP contribution in [0.3, 0.4) is 0 Å². The highest BCUT2D eigenvalue weighted by Gasteiger charge is 2.51. The van der Waals surface area contributed by atoms with E-state index < -0.39 is 38.4 Å². The van der Waals surface area contributed by atoms with Gasteiger partial charge in [-0.2, -0.15) is 0 Å². The minimum absolute atomic E-state index is 0.0117. The van der Waals surface area contributed by atoms with Gasteiger partial charge >= 0.3 is 0 Å². The fourth-order valence-electron chi connectivity index (χ4n) is 5.18. The molecule has 0 spiro atoms. The van der Waals surface area contributed by atoms with Crippen molar-refractivity contribution in [3.05, 3.63) is 58.4 Å². The van der Waals surface area contributed by atoms with E-state index in [4.69, 9.17) is 11.6 Å². The largest absolute Gasteiger partial charge is 0.322 e. The van der Waals surface area contributed by atoms with Crippen molar-refractivity contribution in [1.82, 2.24) is 0 Å². The molecule has 0 saturated heterocycles. The molecule has 172 valence electrons. The van der Waals surface area contributed by atoms with Crippen LogP contribution in [-0.4, -0.2) is 19.6 Å². The Kier molecular flexibility index (Phi) is 5.82. The molecule has 4 rings (SSSR count). The summed E-state index contributed by atoms with van der Waals surface area (Å²) in [7, 11) is -3.80. The molecule has 0 heterocycles. The van der Waals surface area contributed by atoms with Crippen molar-refractivity contribution < 1.29 is 26.4 Å². The lowest BCUT2D eigenvalue weighted by atomic mass is 9.68. The molecular weight excluding hydrogens is 463 g/mol. The Morgan fingerprint density at radius 2 is 1.59 bits per heavy atom. The van der Waals surface area contributed by atoms with Gasteiger partial charge in [0.1, 0.15) is 0 Å². The lowest BCUT2D eigenvalue weighted by Crippen LogP contribution is -2.39. The molecule has 2 aromatic rings. The molecule has 0 aliphatic heterocycles. The Morgan fingerprint density at radius 1 is 1.03 bits per heavy atom. The van der Waals surface area contributed by atoms with Gasteiger partial charge in [0.15, 0.2) is 27.3 Å². The van der Waals surface area contributed by atoms with Crippen molar-refractivity contribution in [1.29, 1.82) is 0 Å². The Morgan fingerprint density at radius 3 is 2.16 bits per heavy atom. The van der Waals surface area contributed by atoms with Gasteiger partial charge in [0.2, 0.25) is 0 Å². The lowest BCUT2D eigenvalue weighted by Gasteiger charge is -2.41. The summed E-state index contributed by atoms with van der Waals surface area (Å²) in [6.45, 7) is 4.38. The number of amides is 1. The Balaban J connectivity index is 1.61. The normalized spacial score (nSPS) is 24.4. The lowest BCUT2D eigenvalue weighted by molar-refractivity contribution is 0.102. The quantitative estimate of drug-likeness (QED) is 0.540. The fraction of sp³-hybridized carbons (Fsp3) is 0.435. The highest BCUT2D eigenvalue weighted by molar-refractivity contribution is 7.92. The van der Waals surface area contributed by atoms with Crippen molar-refractivity contribution in [2.24, 2.45) is 17.3 Å². The van der Waals surface area contributed by atoms with Crippen molar-refractivity contribution in [3.8, 4) is 0 Å². The molecular formula is C23H23ClF3NO3S. The van der Waals surface area contributed by atoms with Gasteiger partial charge in [-0.1, -0.05) is 25.4 Å². The van der Waals surface area contributed by atoms with Crippen LogP contribution in [0, 0.1) is 34.7 Å². The number of hydrogen-bond donors (Lipinski definition) is 1. The monoisotopic (exact) mass is 485 g/mol. The fourth-order valence-corrected chi connectivity index (χ4v) is 7.58. The summed E-state index contributed by atoms with van der Waals surface area (Å²) >= 11 is 6.22. The van der Waals surface area contributed by atoms with E-state index in [1.54, 1.807) is 0 Å². The number of fused-ring (bicyclic) bond motifs is 2. The SMILES string of the molecule is CC1(C)C2CC[C@H]1CC(S(=O)(=O)c1cc(C(=O)Nc3cc(F)c(F)c(F)c3)ccc1Cl)C2. The average Bonchev–Trinajstić information content (AvgIpc) is 2.88. The number of halogens is 4. The third-order valence-corrected chi connectivity index (χ3v) is 9.90. The summed E-state index contributed by atoms with van der Waals surface area (Å²) in [6, 6.07) is 5.11. The van der Waals surface area contributed by atoms with Crippen molar-refractivity contribution in [3.63, 3.8) is 0 Å². The number of carbonyl (C=O) groups excluding carboxylic acids is 1. The zero-order valence-electron chi connectivity index (χ0n) is 17.6. The second-order valence-corrected chi connectivity index (χ2v) is 11.9. The third-order valence-electron chi connectivity index (χ3n) is 7.24. The molecule has 1 N–H and O–H groups in total. The number of rotatable bonds is 4. The molecule has 2 unspecified atom stereocenters. The van der Waals surface area contributed by atoms with Crippen molar-refractivity contribution >= 4 is 33.0 Å². The van der Waals surface area contributed by atoms with Crippen LogP contribution < -0.4 is 5.32 Å². The molecule has 2 bridgehead atoms. The molecule has 2 fully saturated rings. The minimum atomic E-state index is -3.80. The predicted molar refractivity (Wildman–Crippen MR) is 116 cm³/mol. The first kappa shape index (κ1) is 23.1. The van der Waals surface area contributed by atoms with Crippen molar-refractivity contribution in [2.75, 3.05) is 5.32 Å². The molecule has 1 amide bonds. The highest BCUT2D eigenvalue weighted by Crippen LogP contribution is 2.56. The Bertz CT molecular complexity index is 1160. The molecule has 2 aliphatic rings. The van der Waals surface area contributed by atoms with Gasteiger partial charge in [-0.3, -0.25) is 4.79 Å². The highest BCUT2D eigenvalue weighted by atomic mass is 35.5. The first-order valence-electron chi connectivity index (χ1n) is 10.4. The molecule has 3 atom stereocenters. The zero-order chi connectivity index (χ0) is 23.4. The van der Waals surface area contributed by atoms with Gasteiger partial charge in [-0.15, -0.1) is 0 Å². The summed E-state index contributed by atoms with van der Waals surface area (Å²) in [6.07, 6.45) is 3.11. The second-order valence-electron chi connectivity index (χ2n) is 9.28. The zero-order valence-corrected chi connectivity index (χ0v) is 19.2. The van der Waals surface area contributed by atoms with E-state index in [1.165, 1.54) is 18.2 Å². The molecule has 0 radical (unpaired) electrons. The van der Waals surface area contributed by atoms with Crippen LogP contribution in [0.15, 0.2) is 35.2 Å². The first-order chi connectivity index (χ1) is 14.9. The van der Waals surface area contributed by atoms with E-state index in [0.29, 0.717) is 36.8 Å². The van der Waals surface area contributed by atoms with Gasteiger partial charge in [0.25, 0.3) is 5.91 Å². The van der Waals surface area contributed by atoms with E-state index in [9.17, 15) is 26.4 Å². The van der Waals surface area contributed by atoms with Gasteiger partial charge in [0, 0.05) is 23.4 Å². The standard InChI is InChI=1S/C23H23ClF3NO3S/c1-23(2)13-4-5-14(23)9-16(8-13)32(30,31)20-7-12(3-6-17(20)24)22(29)28-15-10-18(25)21(27)19(26)11-15/h3,6-7,10-11,13-14,16H,4-5,8-9H2,1-2H3,(H,28,29)/t13-,14?,16?/m0/s1. The maximum atomic E-state index is 13.4. The van der Waals surface area contributed by atoms with Crippen LogP contribution in [0.25, 0.3) is 0 Å². The third kappa shape index (κ3) is 3.92. The molecule has 2 aromatic carbocycles. The summed E-state index contributed by atoms with van der Waals surface area (Å²) in [4.78, 5) is 12.5. The average molecular weight is 486 g/mol. The van der Waals surface area contributed by atoms with E-state index in [0.717, 1.165) is 12.8 Å². The first-order valence-corrected chi connectivity index (χ1v) is 12.3. The summed E-state index contributed by atoms with van der Waals surface area (Å²) in [5.74, 6) is -4.71. The minimum Gasteiger partial charge on any atom is -0.322 e. The van der Waals surface area contributed by atoms with Gasteiger partial charge in [-0.05, 0) is 61.1 Å². The van der Waals surface area contributed by atoms with E-state index in [-0.39, 0.29) is 26.6 Å². The molecule has 9 heteroatoms. The number of hydrogen-bond acceptors (Lipinski definition) is 3. The number of carbonyl (C=O) groups is 1. The summed E-state index contributed by atoms with van der Waals surface area (Å²) < 4.78 is 66.9. The summed E-state index contributed by atoms with van der Waals surface area (Å²) in [5.41, 5.74) is -0.230. The van der Waals surface area contributed by atoms with E-state index in [2.05, 4.69) is 19.2 Å². The predicted octanol–water partition coefficient (Wildman–Crippen LogP) is 6.00. The van der Waals surface area contributed by atoms with E-state index in [1.807, 2.05) is 0 Å². The Labute approximate surface area is 190 Å². The number of sulfone groups is 1. The molecule has 2 saturated carbocycles. The molecule has 4 nitrogen and oxygen atoms in total. The number of nitrogens with one attached hydrogen (secondary N) is 1. The molecule has 32 heavy (non-hydrogen) atoms. The molecule has 0 aromatic heterocycles. The second kappa shape index (κ2) is 8.06. The maximum Gasteiger partial charge on any atom is 0.255 e. The van der Waals surface area contributed by atoms with Gasteiger partial charge in [0.05, 0.1) is 15.2 Å².